The SMILES string of the molecule is CC(C(=O)Nc1ccccc1F)N1CCC(CCc2ccc(O)cc2)CC1. The minimum Gasteiger partial charge on any atom is -0.508 e. The van der Waals surface area contributed by atoms with E-state index < -0.39 is 5.82 Å². The fraction of sp³-hybridized carbons (Fsp3) is 0.409. The Kier molecular flexibility index (Phi) is 6.45. The number of hydrogen-bond donors (Lipinski definition) is 2. The maximum absolute atomic E-state index is 13.7. The van der Waals surface area contributed by atoms with E-state index in [1.807, 2.05) is 19.1 Å². The quantitative estimate of drug-likeness (QED) is 0.801. The average molecular weight is 370 g/mol. The summed E-state index contributed by atoms with van der Waals surface area (Å²) in [5.41, 5.74) is 1.48. The van der Waals surface area contributed by atoms with Crippen molar-refractivity contribution < 1.29 is 14.3 Å². The van der Waals surface area contributed by atoms with Crippen molar-refractivity contribution in [3.63, 3.8) is 0 Å². The van der Waals surface area contributed by atoms with E-state index in [1.165, 1.54) is 11.6 Å². The lowest BCUT2D eigenvalue weighted by atomic mass is 9.90. The summed E-state index contributed by atoms with van der Waals surface area (Å²) in [5, 5.41) is 12.0. The van der Waals surface area contributed by atoms with Gasteiger partial charge in [0, 0.05) is 0 Å². The molecule has 1 aliphatic rings. The summed E-state index contributed by atoms with van der Waals surface area (Å²) in [6.07, 6.45) is 4.26. The van der Waals surface area contributed by atoms with E-state index >= 15 is 0 Å². The predicted molar refractivity (Wildman–Crippen MR) is 105 cm³/mol. The number of para-hydroxylation sites is 1. The molecule has 2 aromatic rings. The fourth-order valence-corrected chi connectivity index (χ4v) is 3.63. The Morgan fingerprint density at radius 3 is 2.52 bits per heavy atom. The highest BCUT2D eigenvalue weighted by atomic mass is 19.1. The number of halogens is 1. The van der Waals surface area contributed by atoms with Gasteiger partial charge in [-0.3, -0.25) is 9.69 Å². The molecule has 27 heavy (non-hydrogen) atoms. The molecule has 0 spiro atoms. The van der Waals surface area contributed by atoms with Gasteiger partial charge in [0.15, 0.2) is 0 Å². The number of phenolic OH excluding ortho intramolecular Hbond substituents is 1. The largest absolute Gasteiger partial charge is 0.508 e. The molecule has 0 radical (unpaired) electrons. The van der Waals surface area contributed by atoms with Crippen LogP contribution in [-0.2, 0) is 11.2 Å². The van der Waals surface area contributed by atoms with Crippen molar-refractivity contribution in [2.24, 2.45) is 5.92 Å². The number of rotatable bonds is 6. The minimum absolute atomic E-state index is 0.164. The van der Waals surface area contributed by atoms with E-state index in [0.29, 0.717) is 11.7 Å². The first-order valence-corrected chi connectivity index (χ1v) is 9.60. The summed E-state index contributed by atoms with van der Waals surface area (Å²) in [6.45, 7) is 3.64. The van der Waals surface area contributed by atoms with Gasteiger partial charge in [-0.25, -0.2) is 4.39 Å². The number of anilines is 1. The van der Waals surface area contributed by atoms with Gasteiger partial charge in [-0.05, 0) is 81.4 Å². The van der Waals surface area contributed by atoms with Gasteiger partial charge in [-0.1, -0.05) is 24.3 Å². The van der Waals surface area contributed by atoms with E-state index in [9.17, 15) is 14.3 Å². The van der Waals surface area contributed by atoms with Crippen LogP contribution in [0.2, 0.25) is 0 Å². The van der Waals surface area contributed by atoms with Gasteiger partial charge < -0.3 is 10.4 Å². The number of hydrogen-bond acceptors (Lipinski definition) is 3. The number of likely N-dealkylation sites (tertiary alicyclic amines) is 1. The molecule has 1 heterocycles. The number of carbonyl (C=O) groups is 1. The maximum atomic E-state index is 13.7. The molecule has 144 valence electrons. The molecule has 3 rings (SSSR count). The van der Waals surface area contributed by atoms with Crippen LogP contribution in [0.15, 0.2) is 48.5 Å². The van der Waals surface area contributed by atoms with E-state index in [0.717, 1.165) is 38.8 Å². The van der Waals surface area contributed by atoms with Gasteiger partial charge in [0.25, 0.3) is 0 Å². The van der Waals surface area contributed by atoms with Crippen molar-refractivity contribution >= 4 is 11.6 Å². The Hall–Kier alpha value is -2.40. The summed E-state index contributed by atoms with van der Waals surface area (Å²) in [5.74, 6) is 0.375. The van der Waals surface area contributed by atoms with E-state index in [-0.39, 0.29) is 17.6 Å². The van der Waals surface area contributed by atoms with Gasteiger partial charge in [0.05, 0.1) is 11.7 Å². The van der Waals surface area contributed by atoms with E-state index in [1.54, 1.807) is 30.3 Å². The zero-order valence-corrected chi connectivity index (χ0v) is 15.7. The van der Waals surface area contributed by atoms with Crippen LogP contribution in [0.1, 0.15) is 31.7 Å². The van der Waals surface area contributed by atoms with Crippen LogP contribution in [0.5, 0.6) is 5.75 Å². The Morgan fingerprint density at radius 2 is 1.85 bits per heavy atom. The van der Waals surface area contributed by atoms with Crippen LogP contribution < -0.4 is 5.32 Å². The van der Waals surface area contributed by atoms with Gasteiger partial charge >= 0.3 is 0 Å². The van der Waals surface area contributed by atoms with Crippen molar-refractivity contribution in [3.05, 3.63) is 59.9 Å². The monoisotopic (exact) mass is 370 g/mol. The van der Waals surface area contributed by atoms with Crippen molar-refractivity contribution in [2.45, 2.75) is 38.6 Å². The van der Waals surface area contributed by atoms with Crippen molar-refractivity contribution in [1.82, 2.24) is 4.90 Å². The zero-order valence-electron chi connectivity index (χ0n) is 15.7. The molecule has 1 aliphatic heterocycles. The molecule has 1 unspecified atom stereocenters. The van der Waals surface area contributed by atoms with Crippen LogP contribution >= 0.6 is 0 Å². The average Bonchev–Trinajstić information content (AvgIpc) is 2.69. The lowest BCUT2D eigenvalue weighted by Gasteiger charge is -2.35. The van der Waals surface area contributed by atoms with Crippen LogP contribution in [0.3, 0.4) is 0 Å². The Balaban J connectivity index is 1.44. The molecule has 0 aromatic heterocycles. The van der Waals surface area contributed by atoms with E-state index in [4.69, 9.17) is 0 Å². The topological polar surface area (TPSA) is 52.6 Å². The number of nitrogens with one attached hydrogen (secondary N) is 1. The summed E-state index contributed by atoms with van der Waals surface area (Å²) >= 11 is 0. The van der Waals surface area contributed by atoms with Crippen LogP contribution in [0.4, 0.5) is 10.1 Å². The number of aryl methyl sites for hydroxylation is 1. The number of amides is 1. The number of aromatic hydroxyl groups is 1. The summed E-state index contributed by atoms with van der Waals surface area (Å²) in [4.78, 5) is 14.6. The van der Waals surface area contributed by atoms with Gasteiger partial charge in [0.1, 0.15) is 11.6 Å². The molecule has 2 N–H and O–H groups in total. The summed E-state index contributed by atoms with van der Waals surface area (Å²) < 4.78 is 13.7. The number of piperidine rings is 1. The van der Waals surface area contributed by atoms with Crippen molar-refractivity contribution in [3.8, 4) is 5.75 Å². The second-order valence-corrected chi connectivity index (χ2v) is 7.33. The Labute approximate surface area is 160 Å². The molecule has 0 bridgehead atoms. The lowest BCUT2D eigenvalue weighted by molar-refractivity contribution is -0.121. The predicted octanol–water partition coefficient (Wildman–Crippen LogP) is 4.20. The normalized spacial score (nSPS) is 16.8. The molecular weight excluding hydrogens is 343 g/mol. The molecule has 4 nitrogen and oxygen atoms in total. The lowest BCUT2D eigenvalue weighted by Crippen LogP contribution is -2.46. The van der Waals surface area contributed by atoms with Gasteiger partial charge in [-0.15, -0.1) is 0 Å². The Bertz CT molecular complexity index is 755. The second kappa shape index (κ2) is 9.00. The molecule has 2 aromatic carbocycles. The zero-order chi connectivity index (χ0) is 19.2. The molecule has 1 amide bonds. The molecule has 1 atom stereocenters. The standard InChI is InChI=1S/C22H27FN2O2/c1-16(22(27)24-21-5-3-2-4-20(21)23)25-14-12-18(13-15-25)7-6-17-8-10-19(26)11-9-17/h2-5,8-11,16,18,26H,6-7,12-15H2,1H3,(H,24,27). The van der Waals surface area contributed by atoms with Gasteiger partial charge in [0.2, 0.25) is 5.91 Å². The third-order valence-electron chi connectivity index (χ3n) is 5.49. The molecule has 5 heteroatoms. The van der Waals surface area contributed by atoms with Gasteiger partial charge in [-0.2, -0.15) is 0 Å². The van der Waals surface area contributed by atoms with Crippen molar-refractivity contribution in [1.29, 1.82) is 0 Å². The Morgan fingerprint density at radius 1 is 1.19 bits per heavy atom. The number of carbonyl (C=O) groups excluding carboxylic acids is 1. The second-order valence-electron chi connectivity index (χ2n) is 7.33. The third kappa shape index (κ3) is 5.30. The van der Waals surface area contributed by atoms with Crippen LogP contribution in [0.25, 0.3) is 0 Å². The molecular formula is C22H27FN2O2. The highest BCUT2D eigenvalue weighted by molar-refractivity contribution is 5.94. The summed E-state index contributed by atoms with van der Waals surface area (Å²) in [7, 11) is 0. The molecule has 1 saturated heterocycles. The molecule has 0 saturated carbocycles. The first-order valence-electron chi connectivity index (χ1n) is 9.60. The number of benzene rings is 2. The van der Waals surface area contributed by atoms with Crippen LogP contribution in [-0.4, -0.2) is 35.0 Å². The highest BCUT2D eigenvalue weighted by Gasteiger charge is 2.26. The maximum Gasteiger partial charge on any atom is 0.241 e. The smallest absolute Gasteiger partial charge is 0.241 e. The molecule has 0 aliphatic carbocycles. The molecule has 1 fully saturated rings. The first-order chi connectivity index (χ1) is 13.0. The first kappa shape index (κ1) is 19.4. The highest BCUT2D eigenvalue weighted by Crippen LogP contribution is 2.24. The van der Waals surface area contributed by atoms with Crippen LogP contribution in [0, 0.1) is 11.7 Å². The summed E-state index contributed by atoms with van der Waals surface area (Å²) in [6, 6.07) is 13.4. The van der Waals surface area contributed by atoms with E-state index in [2.05, 4.69) is 10.2 Å². The minimum atomic E-state index is -0.411. The fourth-order valence-electron chi connectivity index (χ4n) is 3.63. The number of phenols is 1. The third-order valence-corrected chi connectivity index (χ3v) is 5.49. The van der Waals surface area contributed by atoms with Crippen molar-refractivity contribution in [2.75, 3.05) is 18.4 Å². The number of nitrogens with zero attached hydrogens (tertiary/aromatic N) is 1.